The third kappa shape index (κ3) is 3.16. The normalized spacial score (nSPS) is 14.7. The van der Waals surface area contributed by atoms with Crippen molar-refractivity contribution >= 4 is 6.09 Å². The van der Waals surface area contributed by atoms with Crippen molar-refractivity contribution in [3.8, 4) is 11.5 Å². The van der Waals surface area contributed by atoms with Crippen molar-refractivity contribution in [1.29, 1.82) is 0 Å². The van der Waals surface area contributed by atoms with Crippen molar-refractivity contribution in [3.05, 3.63) is 24.3 Å². The molecule has 0 bridgehead atoms. The van der Waals surface area contributed by atoms with E-state index in [0.717, 1.165) is 6.61 Å². The molecule has 0 spiro atoms. The molecular formula is C11H13NO3. The second-order valence-corrected chi connectivity index (χ2v) is 3.65. The first kappa shape index (κ1) is 9.83. The summed E-state index contributed by atoms with van der Waals surface area (Å²) in [5, 5.41) is 0. The molecule has 0 radical (unpaired) electrons. The van der Waals surface area contributed by atoms with E-state index in [1.165, 1.54) is 12.8 Å². The first-order valence-electron chi connectivity index (χ1n) is 4.94. The zero-order valence-corrected chi connectivity index (χ0v) is 8.31. The van der Waals surface area contributed by atoms with Gasteiger partial charge in [0.05, 0.1) is 6.61 Å². The third-order valence-electron chi connectivity index (χ3n) is 2.21. The number of carbonyl (C=O) groups is 1. The molecule has 0 heterocycles. The van der Waals surface area contributed by atoms with Gasteiger partial charge in [-0.1, -0.05) is 6.07 Å². The Morgan fingerprint density at radius 1 is 1.40 bits per heavy atom. The lowest BCUT2D eigenvalue weighted by atomic mass is 10.3. The Kier molecular flexibility index (Phi) is 2.76. The molecule has 0 atom stereocenters. The molecule has 1 aromatic rings. The lowest BCUT2D eigenvalue weighted by Crippen LogP contribution is -2.16. The molecule has 2 N–H and O–H groups in total. The Morgan fingerprint density at radius 3 is 2.80 bits per heavy atom. The van der Waals surface area contributed by atoms with Crippen LogP contribution in [0.1, 0.15) is 12.8 Å². The summed E-state index contributed by atoms with van der Waals surface area (Å²) in [6, 6.07) is 6.92. The minimum Gasteiger partial charge on any atom is -0.493 e. The lowest BCUT2D eigenvalue weighted by molar-refractivity contribution is 0.210. The maximum atomic E-state index is 10.5. The van der Waals surface area contributed by atoms with Gasteiger partial charge in [0.25, 0.3) is 0 Å². The summed E-state index contributed by atoms with van der Waals surface area (Å²) in [5.74, 6) is 1.82. The highest BCUT2D eigenvalue weighted by molar-refractivity contribution is 5.68. The van der Waals surface area contributed by atoms with Crippen molar-refractivity contribution in [3.63, 3.8) is 0 Å². The minimum atomic E-state index is -0.811. The van der Waals surface area contributed by atoms with Crippen LogP contribution in [0.25, 0.3) is 0 Å². The maximum Gasteiger partial charge on any atom is 0.409 e. The van der Waals surface area contributed by atoms with Gasteiger partial charge in [-0.3, -0.25) is 0 Å². The van der Waals surface area contributed by atoms with Gasteiger partial charge >= 0.3 is 6.09 Å². The van der Waals surface area contributed by atoms with Crippen LogP contribution in [0.5, 0.6) is 11.5 Å². The number of amides is 1. The van der Waals surface area contributed by atoms with Gasteiger partial charge in [0.1, 0.15) is 11.5 Å². The molecule has 4 heteroatoms. The molecule has 0 saturated heterocycles. The molecule has 1 fully saturated rings. The Hall–Kier alpha value is -1.71. The number of rotatable bonds is 4. The average Bonchev–Trinajstić information content (AvgIpc) is 2.97. The molecule has 80 valence electrons. The van der Waals surface area contributed by atoms with Gasteiger partial charge < -0.3 is 15.2 Å². The zero-order valence-electron chi connectivity index (χ0n) is 8.31. The molecule has 0 aromatic heterocycles. The molecule has 4 nitrogen and oxygen atoms in total. The van der Waals surface area contributed by atoms with E-state index < -0.39 is 6.09 Å². The fourth-order valence-corrected chi connectivity index (χ4v) is 1.24. The van der Waals surface area contributed by atoms with Crippen molar-refractivity contribution < 1.29 is 14.3 Å². The molecule has 1 saturated carbocycles. The van der Waals surface area contributed by atoms with Crippen LogP contribution in [0.15, 0.2) is 24.3 Å². The van der Waals surface area contributed by atoms with Gasteiger partial charge in [-0.05, 0) is 30.9 Å². The molecule has 1 aromatic carbocycles. The Bertz CT molecular complexity index is 361. The number of ether oxygens (including phenoxy) is 2. The molecule has 2 rings (SSSR count). The highest BCUT2D eigenvalue weighted by atomic mass is 16.5. The third-order valence-corrected chi connectivity index (χ3v) is 2.21. The molecule has 0 unspecified atom stereocenters. The predicted molar refractivity (Wildman–Crippen MR) is 54.9 cm³/mol. The summed E-state index contributed by atoms with van der Waals surface area (Å²) in [7, 11) is 0. The van der Waals surface area contributed by atoms with Gasteiger partial charge in [-0.2, -0.15) is 0 Å². The summed E-state index contributed by atoms with van der Waals surface area (Å²) in [4.78, 5) is 10.5. The standard InChI is InChI=1S/C11H13NO3/c12-11(13)15-10-3-1-2-9(6-10)14-7-8-4-5-8/h1-3,6,8H,4-5,7H2,(H2,12,13). The summed E-state index contributed by atoms with van der Waals surface area (Å²) < 4.78 is 10.3. The fraction of sp³-hybridized carbons (Fsp3) is 0.364. The van der Waals surface area contributed by atoms with Crippen LogP contribution in [0.2, 0.25) is 0 Å². The highest BCUT2D eigenvalue weighted by Gasteiger charge is 2.21. The van der Waals surface area contributed by atoms with E-state index in [0.29, 0.717) is 17.4 Å². The van der Waals surface area contributed by atoms with Gasteiger partial charge in [0.2, 0.25) is 0 Å². The van der Waals surface area contributed by atoms with Gasteiger partial charge in [0.15, 0.2) is 0 Å². The van der Waals surface area contributed by atoms with E-state index in [1.807, 2.05) is 6.07 Å². The van der Waals surface area contributed by atoms with Gasteiger partial charge in [-0.15, -0.1) is 0 Å². The van der Waals surface area contributed by atoms with Crippen LogP contribution in [0.3, 0.4) is 0 Å². The summed E-state index contributed by atoms with van der Waals surface area (Å²) in [6.45, 7) is 0.736. The predicted octanol–water partition coefficient (Wildman–Crippen LogP) is 1.93. The first-order chi connectivity index (χ1) is 7.24. The Morgan fingerprint density at radius 2 is 2.13 bits per heavy atom. The number of hydrogen-bond donors (Lipinski definition) is 1. The van der Waals surface area contributed by atoms with E-state index in [-0.39, 0.29) is 0 Å². The SMILES string of the molecule is NC(=O)Oc1cccc(OCC2CC2)c1. The lowest BCUT2D eigenvalue weighted by Gasteiger charge is -2.06. The summed E-state index contributed by atoms with van der Waals surface area (Å²) in [5.41, 5.74) is 4.90. The molecule has 15 heavy (non-hydrogen) atoms. The van der Waals surface area contributed by atoms with E-state index in [4.69, 9.17) is 15.2 Å². The van der Waals surface area contributed by atoms with Crippen LogP contribution in [0, 0.1) is 5.92 Å². The average molecular weight is 207 g/mol. The topological polar surface area (TPSA) is 61.6 Å². The molecule has 1 aliphatic carbocycles. The van der Waals surface area contributed by atoms with Crippen LogP contribution >= 0.6 is 0 Å². The second-order valence-electron chi connectivity index (χ2n) is 3.65. The van der Waals surface area contributed by atoms with Crippen molar-refractivity contribution in [2.75, 3.05) is 6.61 Å². The summed E-state index contributed by atoms with van der Waals surface area (Å²) >= 11 is 0. The molecular weight excluding hydrogens is 194 g/mol. The van der Waals surface area contributed by atoms with E-state index in [1.54, 1.807) is 18.2 Å². The van der Waals surface area contributed by atoms with Crippen molar-refractivity contribution in [2.45, 2.75) is 12.8 Å². The summed E-state index contributed by atoms with van der Waals surface area (Å²) in [6.07, 6.45) is 1.68. The fourth-order valence-electron chi connectivity index (χ4n) is 1.24. The number of carbonyl (C=O) groups excluding carboxylic acids is 1. The Labute approximate surface area is 88.0 Å². The number of nitrogens with two attached hydrogens (primary N) is 1. The zero-order chi connectivity index (χ0) is 10.7. The van der Waals surface area contributed by atoms with Gasteiger partial charge in [-0.25, -0.2) is 4.79 Å². The van der Waals surface area contributed by atoms with Crippen LogP contribution in [-0.2, 0) is 0 Å². The van der Waals surface area contributed by atoms with E-state index in [2.05, 4.69) is 0 Å². The molecule has 1 aliphatic rings. The number of hydrogen-bond acceptors (Lipinski definition) is 3. The number of benzene rings is 1. The first-order valence-corrected chi connectivity index (χ1v) is 4.94. The smallest absolute Gasteiger partial charge is 0.409 e. The van der Waals surface area contributed by atoms with Crippen molar-refractivity contribution in [2.24, 2.45) is 11.7 Å². The number of primary amides is 1. The van der Waals surface area contributed by atoms with Crippen LogP contribution in [-0.4, -0.2) is 12.7 Å². The monoisotopic (exact) mass is 207 g/mol. The molecule has 0 aliphatic heterocycles. The largest absolute Gasteiger partial charge is 0.493 e. The highest BCUT2D eigenvalue weighted by Crippen LogP contribution is 2.30. The van der Waals surface area contributed by atoms with Crippen LogP contribution < -0.4 is 15.2 Å². The quantitative estimate of drug-likeness (QED) is 0.820. The van der Waals surface area contributed by atoms with E-state index >= 15 is 0 Å². The molecule has 1 amide bonds. The Balaban J connectivity index is 1.94. The maximum absolute atomic E-state index is 10.5. The second kappa shape index (κ2) is 4.21. The van der Waals surface area contributed by atoms with Crippen molar-refractivity contribution in [1.82, 2.24) is 0 Å². The van der Waals surface area contributed by atoms with E-state index in [9.17, 15) is 4.79 Å². The van der Waals surface area contributed by atoms with Crippen LogP contribution in [0.4, 0.5) is 4.79 Å². The van der Waals surface area contributed by atoms with Gasteiger partial charge in [0, 0.05) is 6.07 Å². The minimum absolute atomic E-state index is 0.413.